The lowest BCUT2D eigenvalue weighted by atomic mass is 9.86. The molecule has 1 aliphatic carbocycles. The topological polar surface area (TPSA) is 75.7 Å². The third kappa shape index (κ3) is 5.48. The van der Waals surface area contributed by atoms with E-state index in [-0.39, 0.29) is 29.6 Å². The number of carbonyl (C=O) groups is 3. The minimum absolute atomic E-state index is 0.0134. The molecular formula is C30H38N2O4. The van der Waals surface area contributed by atoms with Crippen LogP contribution >= 0.6 is 0 Å². The SMILES string of the molecule is CCC(CC)[C@@H]1C(=O)N[C@H](C2Cc3ccccc3C2)C(=O)N1Cc1ccc(C(=O)OC(C)(C)C)cc1. The molecule has 0 unspecified atom stereocenters. The summed E-state index contributed by atoms with van der Waals surface area (Å²) < 4.78 is 5.46. The normalized spacial score (nSPS) is 20.4. The monoisotopic (exact) mass is 490 g/mol. The molecule has 192 valence electrons. The number of nitrogens with zero attached hydrogens (tertiary/aromatic N) is 1. The zero-order chi connectivity index (χ0) is 26.0. The van der Waals surface area contributed by atoms with Gasteiger partial charge < -0.3 is 15.0 Å². The fraction of sp³-hybridized carbons (Fsp3) is 0.500. The van der Waals surface area contributed by atoms with Crippen molar-refractivity contribution in [1.29, 1.82) is 0 Å². The number of carbonyl (C=O) groups excluding carboxylic acids is 3. The van der Waals surface area contributed by atoms with Crippen LogP contribution in [0.3, 0.4) is 0 Å². The largest absolute Gasteiger partial charge is 0.456 e. The van der Waals surface area contributed by atoms with Crippen molar-refractivity contribution in [2.24, 2.45) is 11.8 Å². The highest BCUT2D eigenvalue weighted by Crippen LogP contribution is 2.33. The van der Waals surface area contributed by atoms with Crippen LogP contribution in [0, 0.1) is 11.8 Å². The lowest BCUT2D eigenvalue weighted by Gasteiger charge is -2.43. The molecule has 2 amide bonds. The van der Waals surface area contributed by atoms with Crippen LogP contribution < -0.4 is 5.32 Å². The van der Waals surface area contributed by atoms with Gasteiger partial charge in [-0.3, -0.25) is 9.59 Å². The van der Waals surface area contributed by atoms with Crippen molar-refractivity contribution in [2.45, 2.75) is 84.5 Å². The number of rotatable bonds is 7. The Labute approximate surface area is 214 Å². The molecule has 0 aromatic heterocycles. The van der Waals surface area contributed by atoms with Crippen LogP contribution in [0.5, 0.6) is 0 Å². The summed E-state index contributed by atoms with van der Waals surface area (Å²) >= 11 is 0. The van der Waals surface area contributed by atoms with E-state index in [0.29, 0.717) is 12.1 Å². The van der Waals surface area contributed by atoms with Gasteiger partial charge in [-0.05, 0) is 74.3 Å². The fourth-order valence-corrected chi connectivity index (χ4v) is 5.57. The summed E-state index contributed by atoms with van der Waals surface area (Å²) in [5.41, 5.74) is 3.30. The van der Waals surface area contributed by atoms with E-state index in [2.05, 4.69) is 31.3 Å². The first-order valence-electron chi connectivity index (χ1n) is 13.1. The summed E-state index contributed by atoms with van der Waals surface area (Å²) in [7, 11) is 0. The lowest BCUT2D eigenvalue weighted by molar-refractivity contribution is -0.154. The molecule has 0 radical (unpaired) electrons. The van der Waals surface area contributed by atoms with Gasteiger partial charge in [0, 0.05) is 6.54 Å². The molecule has 4 rings (SSSR count). The summed E-state index contributed by atoms with van der Waals surface area (Å²) in [6.07, 6.45) is 3.22. The zero-order valence-electron chi connectivity index (χ0n) is 22.0. The third-order valence-electron chi connectivity index (χ3n) is 7.44. The molecular weight excluding hydrogens is 452 g/mol. The van der Waals surface area contributed by atoms with Gasteiger partial charge in [-0.2, -0.15) is 0 Å². The van der Waals surface area contributed by atoms with Crippen LogP contribution in [0.2, 0.25) is 0 Å². The Balaban J connectivity index is 1.57. The fourth-order valence-electron chi connectivity index (χ4n) is 5.57. The van der Waals surface area contributed by atoms with Crippen LogP contribution in [-0.4, -0.2) is 40.4 Å². The second-order valence-corrected chi connectivity index (χ2v) is 11.1. The van der Waals surface area contributed by atoms with Crippen LogP contribution in [0.1, 0.15) is 74.5 Å². The Hall–Kier alpha value is -3.15. The zero-order valence-corrected chi connectivity index (χ0v) is 22.0. The number of ether oxygens (including phenoxy) is 1. The first-order valence-corrected chi connectivity index (χ1v) is 13.1. The van der Waals surface area contributed by atoms with E-state index in [1.54, 1.807) is 17.0 Å². The van der Waals surface area contributed by atoms with E-state index >= 15 is 0 Å². The lowest BCUT2D eigenvalue weighted by Crippen LogP contribution is -2.66. The second-order valence-electron chi connectivity index (χ2n) is 11.1. The molecule has 2 atom stereocenters. The Bertz CT molecular complexity index is 1090. The van der Waals surface area contributed by atoms with Gasteiger partial charge >= 0.3 is 5.97 Å². The van der Waals surface area contributed by atoms with Gasteiger partial charge in [0.2, 0.25) is 11.8 Å². The van der Waals surface area contributed by atoms with E-state index in [4.69, 9.17) is 4.74 Å². The average molecular weight is 491 g/mol. The molecule has 1 aliphatic heterocycles. The first-order chi connectivity index (χ1) is 17.1. The highest BCUT2D eigenvalue weighted by Gasteiger charge is 2.46. The van der Waals surface area contributed by atoms with Gasteiger partial charge in [0.25, 0.3) is 0 Å². The minimum atomic E-state index is -0.569. The van der Waals surface area contributed by atoms with E-state index in [1.165, 1.54) is 11.1 Å². The highest BCUT2D eigenvalue weighted by molar-refractivity contribution is 5.97. The Morgan fingerprint density at radius 1 is 1.00 bits per heavy atom. The van der Waals surface area contributed by atoms with Gasteiger partial charge in [-0.15, -0.1) is 0 Å². The summed E-state index contributed by atoms with van der Waals surface area (Å²) in [6, 6.07) is 14.4. The number of hydrogen-bond acceptors (Lipinski definition) is 4. The number of esters is 1. The van der Waals surface area contributed by atoms with E-state index < -0.39 is 17.7 Å². The number of piperazine rings is 1. The number of hydrogen-bond donors (Lipinski definition) is 1. The predicted molar refractivity (Wildman–Crippen MR) is 139 cm³/mol. The molecule has 6 nitrogen and oxygen atoms in total. The molecule has 2 aromatic rings. The van der Waals surface area contributed by atoms with Gasteiger partial charge in [-0.25, -0.2) is 4.79 Å². The van der Waals surface area contributed by atoms with Gasteiger partial charge in [-0.1, -0.05) is 63.1 Å². The number of benzene rings is 2. The summed E-state index contributed by atoms with van der Waals surface area (Å²) in [5, 5.41) is 3.11. The Morgan fingerprint density at radius 3 is 2.11 bits per heavy atom. The van der Waals surface area contributed by atoms with Crippen molar-refractivity contribution in [1.82, 2.24) is 10.2 Å². The molecule has 1 N–H and O–H groups in total. The summed E-state index contributed by atoms with van der Waals surface area (Å²) in [5.74, 6) is -0.316. The maximum Gasteiger partial charge on any atom is 0.338 e. The molecule has 2 aliphatic rings. The molecule has 1 fully saturated rings. The van der Waals surface area contributed by atoms with Crippen LogP contribution in [0.25, 0.3) is 0 Å². The maximum atomic E-state index is 13.9. The smallest absolute Gasteiger partial charge is 0.338 e. The van der Waals surface area contributed by atoms with Crippen molar-refractivity contribution in [3.63, 3.8) is 0 Å². The van der Waals surface area contributed by atoms with Crippen LogP contribution in [0.4, 0.5) is 0 Å². The van der Waals surface area contributed by atoms with Crippen molar-refractivity contribution in [3.8, 4) is 0 Å². The molecule has 2 aromatic carbocycles. The third-order valence-corrected chi connectivity index (χ3v) is 7.44. The van der Waals surface area contributed by atoms with E-state index in [0.717, 1.165) is 31.2 Å². The van der Waals surface area contributed by atoms with E-state index in [1.807, 2.05) is 45.0 Å². The van der Waals surface area contributed by atoms with Crippen LogP contribution in [-0.2, 0) is 33.7 Å². The molecule has 0 spiro atoms. The van der Waals surface area contributed by atoms with Crippen molar-refractivity contribution in [3.05, 3.63) is 70.8 Å². The standard InChI is InChI=1S/C30H38N2O4/c1-6-20(7-2)26-27(33)31-25(24-16-22-10-8-9-11-23(22)17-24)28(34)32(26)18-19-12-14-21(15-13-19)29(35)36-30(3,4)5/h8-15,20,24-26H,6-7,16-18H2,1-5H3,(H,31,33)/t25-,26-/m1/s1. The molecule has 6 heteroatoms. The minimum Gasteiger partial charge on any atom is -0.456 e. The molecule has 1 heterocycles. The van der Waals surface area contributed by atoms with Gasteiger partial charge in [0.15, 0.2) is 0 Å². The Morgan fingerprint density at radius 2 is 1.58 bits per heavy atom. The first kappa shape index (κ1) is 25.9. The predicted octanol–water partition coefficient (Wildman–Crippen LogP) is 4.69. The van der Waals surface area contributed by atoms with Crippen molar-refractivity contribution in [2.75, 3.05) is 0 Å². The van der Waals surface area contributed by atoms with Gasteiger partial charge in [0.05, 0.1) is 5.56 Å². The summed E-state index contributed by atoms with van der Waals surface area (Å²) in [4.78, 5) is 41.6. The van der Waals surface area contributed by atoms with E-state index in [9.17, 15) is 14.4 Å². The number of amides is 2. The van der Waals surface area contributed by atoms with Gasteiger partial charge in [0.1, 0.15) is 17.7 Å². The number of fused-ring (bicyclic) bond motifs is 1. The maximum absolute atomic E-state index is 13.9. The molecule has 0 saturated carbocycles. The average Bonchev–Trinajstić information content (AvgIpc) is 3.27. The quantitative estimate of drug-likeness (QED) is 0.572. The van der Waals surface area contributed by atoms with Crippen LogP contribution in [0.15, 0.2) is 48.5 Å². The molecule has 0 bridgehead atoms. The van der Waals surface area contributed by atoms with Crippen molar-refractivity contribution < 1.29 is 19.1 Å². The van der Waals surface area contributed by atoms with Crippen molar-refractivity contribution >= 4 is 17.8 Å². The molecule has 1 saturated heterocycles. The second kappa shape index (κ2) is 10.5. The highest BCUT2D eigenvalue weighted by atomic mass is 16.6. The number of nitrogens with one attached hydrogen (secondary N) is 1. The molecule has 36 heavy (non-hydrogen) atoms. The summed E-state index contributed by atoms with van der Waals surface area (Å²) in [6.45, 7) is 9.98. The Kier molecular flexibility index (Phi) is 7.53.